The van der Waals surface area contributed by atoms with Crippen LogP contribution in [-0.2, 0) is 20.9 Å². The lowest BCUT2D eigenvalue weighted by Gasteiger charge is -2.14. The van der Waals surface area contributed by atoms with E-state index in [-0.39, 0.29) is 36.1 Å². The Bertz CT molecular complexity index is 672. The number of likely N-dealkylation sites (tertiary alicyclic amines) is 1. The van der Waals surface area contributed by atoms with Gasteiger partial charge >= 0.3 is 0 Å². The molecule has 1 N–H and O–H groups in total. The zero-order valence-corrected chi connectivity index (χ0v) is 13.5. The van der Waals surface area contributed by atoms with Gasteiger partial charge in [0.15, 0.2) is 0 Å². The number of carbonyl (C=O) groups is 3. The highest BCUT2D eigenvalue weighted by Gasteiger charge is 2.47. The minimum absolute atomic E-state index is 0.214. The third-order valence-electron chi connectivity index (χ3n) is 4.52. The molecule has 2 atom stereocenters. The number of amides is 3. The van der Waals surface area contributed by atoms with Crippen molar-refractivity contribution in [1.82, 2.24) is 10.2 Å². The Balaban J connectivity index is 1.57. The molecule has 6 nitrogen and oxygen atoms in total. The van der Waals surface area contributed by atoms with E-state index >= 15 is 0 Å². The van der Waals surface area contributed by atoms with Gasteiger partial charge in [-0.3, -0.25) is 19.3 Å². The highest BCUT2D eigenvalue weighted by Crippen LogP contribution is 2.34. The molecule has 1 saturated heterocycles. The summed E-state index contributed by atoms with van der Waals surface area (Å²) in [5, 5.41) is 2.74. The number of nitrogens with zero attached hydrogens (tertiary/aromatic N) is 1. The van der Waals surface area contributed by atoms with E-state index in [1.165, 1.54) is 0 Å². The Morgan fingerprint density at radius 1 is 1.21 bits per heavy atom. The summed E-state index contributed by atoms with van der Waals surface area (Å²) in [5.41, 5.74) is 0.889. The normalized spacial score (nSPS) is 22.5. The van der Waals surface area contributed by atoms with Crippen molar-refractivity contribution in [3.63, 3.8) is 0 Å². The first-order chi connectivity index (χ1) is 11.6. The number of fused-ring (bicyclic) bond motifs is 1. The lowest BCUT2D eigenvalue weighted by molar-refractivity contribution is -0.143. The van der Waals surface area contributed by atoms with Crippen molar-refractivity contribution in [2.24, 2.45) is 11.8 Å². The largest absolute Gasteiger partial charge is 0.497 e. The first-order valence-electron chi connectivity index (χ1n) is 8.00. The van der Waals surface area contributed by atoms with Crippen molar-refractivity contribution in [3.05, 3.63) is 42.0 Å². The molecule has 2 aliphatic rings. The lowest BCUT2D eigenvalue weighted by atomic mass is 9.85. The standard InChI is InChI=1S/C18H20N2O4/c1-24-13-6-4-5-12(9-13)10-19-16(21)11-20-17(22)14-7-2-3-8-15(14)18(20)23/h2-6,9,14-15H,7-8,10-11H2,1H3,(H,19,21). The maximum absolute atomic E-state index is 12.3. The van der Waals surface area contributed by atoms with Gasteiger partial charge in [-0.05, 0) is 30.5 Å². The third kappa shape index (κ3) is 3.18. The summed E-state index contributed by atoms with van der Waals surface area (Å²) in [6.45, 7) is 0.106. The Labute approximate surface area is 140 Å². The van der Waals surface area contributed by atoms with Crippen molar-refractivity contribution < 1.29 is 19.1 Å². The summed E-state index contributed by atoms with van der Waals surface area (Å²) >= 11 is 0. The maximum atomic E-state index is 12.3. The molecule has 1 aromatic carbocycles. The predicted octanol–water partition coefficient (Wildman–Crippen LogP) is 1.26. The zero-order chi connectivity index (χ0) is 17.1. The van der Waals surface area contributed by atoms with Crippen molar-refractivity contribution >= 4 is 17.7 Å². The fourth-order valence-corrected chi connectivity index (χ4v) is 3.21. The van der Waals surface area contributed by atoms with Crippen LogP contribution in [0.2, 0.25) is 0 Å². The highest BCUT2D eigenvalue weighted by atomic mass is 16.5. The van der Waals surface area contributed by atoms with Crippen LogP contribution in [0, 0.1) is 11.8 Å². The number of hydrogen-bond donors (Lipinski definition) is 1. The molecule has 2 unspecified atom stereocenters. The Morgan fingerprint density at radius 3 is 2.50 bits per heavy atom. The predicted molar refractivity (Wildman–Crippen MR) is 86.9 cm³/mol. The number of ether oxygens (including phenoxy) is 1. The van der Waals surface area contributed by atoms with Gasteiger partial charge in [0.2, 0.25) is 17.7 Å². The Hall–Kier alpha value is -2.63. The Kier molecular flexibility index (Phi) is 4.64. The average molecular weight is 328 g/mol. The number of rotatable bonds is 5. The van der Waals surface area contributed by atoms with E-state index in [4.69, 9.17) is 4.74 Å². The van der Waals surface area contributed by atoms with Gasteiger partial charge in [0.1, 0.15) is 12.3 Å². The van der Waals surface area contributed by atoms with Gasteiger partial charge in [-0.15, -0.1) is 0 Å². The fraction of sp³-hybridized carbons (Fsp3) is 0.389. The molecule has 126 valence electrons. The topological polar surface area (TPSA) is 75.7 Å². The summed E-state index contributed by atoms with van der Waals surface area (Å²) in [6.07, 6.45) is 5.02. The van der Waals surface area contributed by atoms with E-state index in [1.807, 2.05) is 36.4 Å². The molecule has 0 spiro atoms. The van der Waals surface area contributed by atoms with Gasteiger partial charge in [-0.2, -0.15) is 0 Å². The summed E-state index contributed by atoms with van der Waals surface area (Å²) in [6, 6.07) is 7.36. The van der Waals surface area contributed by atoms with E-state index in [0.717, 1.165) is 10.5 Å². The van der Waals surface area contributed by atoms with E-state index in [2.05, 4.69) is 5.32 Å². The first-order valence-corrected chi connectivity index (χ1v) is 8.00. The van der Waals surface area contributed by atoms with Crippen LogP contribution in [0.1, 0.15) is 18.4 Å². The molecule has 0 bridgehead atoms. The van der Waals surface area contributed by atoms with Gasteiger partial charge in [-0.1, -0.05) is 24.3 Å². The van der Waals surface area contributed by atoms with Crippen LogP contribution in [0.4, 0.5) is 0 Å². The van der Waals surface area contributed by atoms with Gasteiger partial charge < -0.3 is 10.1 Å². The van der Waals surface area contributed by atoms with Gasteiger partial charge in [-0.25, -0.2) is 0 Å². The highest BCUT2D eigenvalue weighted by molar-refractivity contribution is 6.07. The SMILES string of the molecule is COc1cccc(CNC(=O)CN2C(=O)C3CC=CCC3C2=O)c1. The molecule has 1 aliphatic carbocycles. The van der Waals surface area contributed by atoms with Crippen LogP contribution in [-0.4, -0.2) is 36.3 Å². The zero-order valence-electron chi connectivity index (χ0n) is 13.5. The maximum Gasteiger partial charge on any atom is 0.240 e. The van der Waals surface area contributed by atoms with Crippen LogP contribution in [0.15, 0.2) is 36.4 Å². The number of allylic oxidation sites excluding steroid dienone is 2. The van der Waals surface area contributed by atoms with Crippen molar-refractivity contribution in [2.75, 3.05) is 13.7 Å². The summed E-state index contributed by atoms with van der Waals surface area (Å²) < 4.78 is 5.14. The van der Waals surface area contributed by atoms with Crippen molar-refractivity contribution in [1.29, 1.82) is 0 Å². The minimum atomic E-state index is -0.342. The molecular weight excluding hydrogens is 308 g/mol. The number of benzene rings is 1. The van der Waals surface area contributed by atoms with Gasteiger partial charge in [0, 0.05) is 6.54 Å². The van der Waals surface area contributed by atoms with Crippen LogP contribution < -0.4 is 10.1 Å². The molecule has 1 heterocycles. The molecule has 3 amide bonds. The summed E-state index contributed by atoms with van der Waals surface area (Å²) in [4.78, 5) is 37.9. The smallest absolute Gasteiger partial charge is 0.240 e. The second kappa shape index (κ2) is 6.86. The molecule has 0 radical (unpaired) electrons. The van der Waals surface area contributed by atoms with E-state index in [1.54, 1.807) is 7.11 Å². The molecule has 1 aliphatic heterocycles. The monoisotopic (exact) mass is 328 g/mol. The molecule has 1 fully saturated rings. The van der Waals surface area contributed by atoms with Crippen LogP contribution in [0.5, 0.6) is 5.75 Å². The van der Waals surface area contributed by atoms with E-state index < -0.39 is 0 Å². The van der Waals surface area contributed by atoms with Crippen molar-refractivity contribution in [3.8, 4) is 5.75 Å². The Morgan fingerprint density at radius 2 is 1.88 bits per heavy atom. The molecule has 1 aromatic rings. The van der Waals surface area contributed by atoms with Crippen molar-refractivity contribution in [2.45, 2.75) is 19.4 Å². The fourth-order valence-electron chi connectivity index (χ4n) is 3.21. The first kappa shape index (κ1) is 16.2. The molecule has 24 heavy (non-hydrogen) atoms. The third-order valence-corrected chi connectivity index (χ3v) is 4.52. The second-order valence-electron chi connectivity index (χ2n) is 6.05. The minimum Gasteiger partial charge on any atom is -0.497 e. The number of methoxy groups -OCH3 is 1. The van der Waals surface area contributed by atoms with Gasteiger partial charge in [0.05, 0.1) is 18.9 Å². The molecule has 3 rings (SSSR count). The van der Waals surface area contributed by atoms with E-state index in [9.17, 15) is 14.4 Å². The van der Waals surface area contributed by atoms with Crippen LogP contribution >= 0.6 is 0 Å². The molecule has 6 heteroatoms. The number of carbonyl (C=O) groups excluding carboxylic acids is 3. The molecule has 0 saturated carbocycles. The molecular formula is C18H20N2O4. The number of hydrogen-bond acceptors (Lipinski definition) is 4. The lowest BCUT2D eigenvalue weighted by Crippen LogP contribution is -2.40. The van der Waals surface area contributed by atoms with Crippen LogP contribution in [0.25, 0.3) is 0 Å². The average Bonchev–Trinajstić information content (AvgIpc) is 2.85. The summed E-state index contributed by atoms with van der Waals surface area (Å²) in [7, 11) is 1.58. The quantitative estimate of drug-likeness (QED) is 0.652. The number of imide groups is 1. The second-order valence-corrected chi connectivity index (χ2v) is 6.05. The number of nitrogens with one attached hydrogen (secondary N) is 1. The van der Waals surface area contributed by atoms with Crippen LogP contribution in [0.3, 0.4) is 0 Å². The molecule has 0 aromatic heterocycles. The summed E-state index contributed by atoms with van der Waals surface area (Å²) in [5.74, 6) is -0.687. The van der Waals surface area contributed by atoms with Gasteiger partial charge in [0.25, 0.3) is 0 Å². The van der Waals surface area contributed by atoms with E-state index in [0.29, 0.717) is 25.1 Å².